The Morgan fingerprint density at radius 2 is 1.86 bits per heavy atom. The maximum Gasteiger partial charge on any atom is 0.191 e. The second-order valence-corrected chi connectivity index (χ2v) is 8.44. The maximum absolute atomic E-state index is 13.4. The number of ether oxygens (including phenoxy) is 1. The van der Waals surface area contributed by atoms with Gasteiger partial charge in [0.2, 0.25) is 0 Å². The highest BCUT2D eigenvalue weighted by Gasteiger charge is 2.31. The Morgan fingerprint density at radius 3 is 2.45 bits per heavy atom. The summed E-state index contributed by atoms with van der Waals surface area (Å²) in [5.41, 5.74) is 1.11. The molecule has 7 heteroatoms. The van der Waals surface area contributed by atoms with Crippen LogP contribution in [0.3, 0.4) is 0 Å². The van der Waals surface area contributed by atoms with Crippen LogP contribution in [0, 0.1) is 11.7 Å². The van der Waals surface area contributed by atoms with E-state index in [0.717, 1.165) is 50.9 Å². The van der Waals surface area contributed by atoms with Crippen LogP contribution in [0.2, 0.25) is 0 Å². The molecule has 2 aliphatic rings. The first-order valence-corrected chi connectivity index (χ1v) is 10.8. The summed E-state index contributed by atoms with van der Waals surface area (Å²) in [5.74, 6) is 1.20. The predicted octanol–water partition coefficient (Wildman–Crippen LogP) is 2.09. The highest BCUT2D eigenvalue weighted by Crippen LogP contribution is 2.22. The van der Waals surface area contributed by atoms with Crippen LogP contribution in [0.5, 0.6) is 0 Å². The van der Waals surface area contributed by atoms with Crippen molar-refractivity contribution in [1.29, 1.82) is 0 Å². The maximum atomic E-state index is 13.4. The lowest BCUT2D eigenvalue weighted by Gasteiger charge is -2.35. The number of nitrogens with zero attached hydrogens (tertiary/aromatic N) is 3. The molecule has 2 aliphatic heterocycles. The number of benzene rings is 1. The Kier molecular flexibility index (Phi) is 7.86. The largest absolute Gasteiger partial charge is 0.379 e. The van der Waals surface area contributed by atoms with E-state index in [0.29, 0.717) is 24.5 Å². The molecule has 2 saturated heterocycles. The van der Waals surface area contributed by atoms with Crippen LogP contribution in [0.1, 0.15) is 32.4 Å². The van der Waals surface area contributed by atoms with E-state index in [1.54, 1.807) is 0 Å². The van der Waals surface area contributed by atoms with Crippen LogP contribution in [0.4, 0.5) is 4.39 Å². The van der Waals surface area contributed by atoms with Crippen LogP contribution in [0.25, 0.3) is 0 Å². The number of hydrogen-bond donors (Lipinski definition) is 2. The van der Waals surface area contributed by atoms with Gasteiger partial charge in [0.25, 0.3) is 0 Å². The van der Waals surface area contributed by atoms with Gasteiger partial charge in [-0.1, -0.05) is 19.1 Å². The van der Waals surface area contributed by atoms with E-state index < -0.39 is 0 Å². The molecule has 162 valence electrons. The Morgan fingerprint density at radius 1 is 1.17 bits per heavy atom. The van der Waals surface area contributed by atoms with Crippen molar-refractivity contribution in [2.24, 2.45) is 10.9 Å². The molecule has 0 aromatic heterocycles. The first-order chi connectivity index (χ1) is 14.0. The quantitative estimate of drug-likeness (QED) is 0.561. The van der Waals surface area contributed by atoms with E-state index in [4.69, 9.17) is 4.74 Å². The van der Waals surface area contributed by atoms with Crippen LogP contribution in [0.15, 0.2) is 29.3 Å². The standard InChI is InChI=1S/C22H36FN5O/c1-16(2)28-14-17(3)20(15-28)26-22(24-4)25-13-21(27-9-11-29-12-10-27)18-5-7-19(23)8-6-18/h5-8,16-17,20-21H,9-15H2,1-4H3,(H2,24,25,26). The minimum Gasteiger partial charge on any atom is -0.379 e. The lowest BCUT2D eigenvalue weighted by Crippen LogP contribution is -2.50. The molecule has 2 fully saturated rings. The number of guanidine groups is 1. The van der Waals surface area contributed by atoms with E-state index in [-0.39, 0.29) is 11.9 Å². The second-order valence-electron chi connectivity index (χ2n) is 8.44. The van der Waals surface area contributed by atoms with Crippen molar-refractivity contribution in [2.45, 2.75) is 38.9 Å². The third-order valence-corrected chi connectivity index (χ3v) is 6.12. The highest BCUT2D eigenvalue weighted by molar-refractivity contribution is 5.80. The van der Waals surface area contributed by atoms with Gasteiger partial charge in [-0.3, -0.25) is 14.8 Å². The molecule has 2 N–H and O–H groups in total. The van der Waals surface area contributed by atoms with Crippen molar-refractivity contribution < 1.29 is 9.13 Å². The molecule has 1 aromatic carbocycles. The monoisotopic (exact) mass is 405 g/mol. The zero-order valence-corrected chi connectivity index (χ0v) is 18.2. The van der Waals surface area contributed by atoms with Crippen molar-refractivity contribution in [3.05, 3.63) is 35.6 Å². The van der Waals surface area contributed by atoms with Gasteiger partial charge in [-0.15, -0.1) is 0 Å². The Hall–Kier alpha value is -1.70. The Bertz CT molecular complexity index is 660. The van der Waals surface area contributed by atoms with Crippen molar-refractivity contribution in [3.8, 4) is 0 Å². The number of hydrogen-bond acceptors (Lipinski definition) is 4. The zero-order chi connectivity index (χ0) is 20.8. The number of nitrogens with one attached hydrogen (secondary N) is 2. The summed E-state index contributed by atoms with van der Waals surface area (Å²) in [4.78, 5) is 9.36. The number of rotatable bonds is 6. The Labute approximate surface area is 174 Å². The summed E-state index contributed by atoms with van der Waals surface area (Å²) in [6.07, 6.45) is 0. The molecule has 0 spiro atoms. The third kappa shape index (κ3) is 5.90. The molecule has 0 radical (unpaired) electrons. The molecule has 0 amide bonds. The summed E-state index contributed by atoms with van der Waals surface area (Å²) in [5, 5.41) is 7.13. The number of morpholine rings is 1. The van der Waals surface area contributed by atoms with Gasteiger partial charge >= 0.3 is 0 Å². The molecule has 29 heavy (non-hydrogen) atoms. The minimum atomic E-state index is -0.204. The van der Waals surface area contributed by atoms with Gasteiger partial charge in [0.05, 0.1) is 19.3 Å². The minimum absolute atomic E-state index is 0.145. The van der Waals surface area contributed by atoms with Crippen molar-refractivity contribution in [3.63, 3.8) is 0 Å². The predicted molar refractivity (Wildman–Crippen MR) is 116 cm³/mol. The number of aliphatic imine (C=N–C) groups is 1. The van der Waals surface area contributed by atoms with E-state index in [1.807, 2.05) is 19.2 Å². The van der Waals surface area contributed by atoms with Crippen molar-refractivity contribution in [2.75, 3.05) is 53.0 Å². The fraction of sp³-hybridized carbons (Fsp3) is 0.682. The molecular weight excluding hydrogens is 369 g/mol. The molecule has 3 rings (SSSR count). The summed E-state index contributed by atoms with van der Waals surface area (Å²) >= 11 is 0. The summed E-state index contributed by atoms with van der Waals surface area (Å²) in [6, 6.07) is 7.93. The lowest BCUT2D eigenvalue weighted by atomic mass is 10.0. The third-order valence-electron chi connectivity index (χ3n) is 6.12. The first-order valence-electron chi connectivity index (χ1n) is 10.8. The van der Waals surface area contributed by atoms with Gasteiger partial charge in [0.1, 0.15) is 5.82 Å². The van der Waals surface area contributed by atoms with Crippen LogP contribution in [-0.2, 0) is 4.74 Å². The zero-order valence-electron chi connectivity index (χ0n) is 18.2. The SMILES string of the molecule is CN=C(NCC(c1ccc(F)cc1)N1CCOCC1)NC1CN(C(C)C)CC1C. The number of likely N-dealkylation sites (tertiary alicyclic amines) is 1. The molecular formula is C22H36FN5O. The van der Waals surface area contributed by atoms with Crippen LogP contribution in [-0.4, -0.2) is 80.8 Å². The first kappa shape index (κ1) is 22.0. The molecule has 3 atom stereocenters. The molecule has 3 unspecified atom stereocenters. The van der Waals surface area contributed by atoms with Crippen molar-refractivity contribution >= 4 is 5.96 Å². The van der Waals surface area contributed by atoms with Gasteiger partial charge in [-0.05, 0) is 37.5 Å². The summed E-state index contributed by atoms with van der Waals surface area (Å²) in [7, 11) is 1.82. The average molecular weight is 406 g/mol. The van der Waals surface area contributed by atoms with E-state index in [2.05, 4.69) is 46.2 Å². The van der Waals surface area contributed by atoms with Crippen LogP contribution < -0.4 is 10.6 Å². The second kappa shape index (κ2) is 10.4. The smallest absolute Gasteiger partial charge is 0.191 e. The lowest BCUT2D eigenvalue weighted by molar-refractivity contribution is 0.0169. The summed E-state index contributed by atoms with van der Waals surface area (Å²) < 4.78 is 18.9. The molecule has 0 bridgehead atoms. The fourth-order valence-corrected chi connectivity index (χ4v) is 4.21. The molecule has 0 aliphatic carbocycles. The molecule has 6 nitrogen and oxygen atoms in total. The van der Waals surface area contributed by atoms with E-state index in [1.165, 1.54) is 12.1 Å². The van der Waals surface area contributed by atoms with Crippen LogP contribution >= 0.6 is 0 Å². The summed E-state index contributed by atoms with van der Waals surface area (Å²) in [6.45, 7) is 12.9. The normalized spacial score (nSPS) is 25.4. The molecule has 0 saturated carbocycles. The van der Waals surface area contributed by atoms with Crippen molar-refractivity contribution in [1.82, 2.24) is 20.4 Å². The topological polar surface area (TPSA) is 52.1 Å². The van der Waals surface area contributed by atoms with Gasteiger partial charge < -0.3 is 15.4 Å². The van der Waals surface area contributed by atoms with E-state index in [9.17, 15) is 4.39 Å². The molecule has 2 heterocycles. The Balaban J connectivity index is 1.63. The van der Waals surface area contributed by atoms with Gasteiger partial charge in [-0.25, -0.2) is 4.39 Å². The molecule has 1 aromatic rings. The average Bonchev–Trinajstić information content (AvgIpc) is 3.10. The highest BCUT2D eigenvalue weighted by atomic mass is 19.1. The fourth-order valence-electron chi connectivity index (χ4n) is 4.21. The van der Waals surface area contributed by atoms with Gasteiger partial charge in [0.15, 0.2) is 5.96 Å². The van der Waals surface area contributed by atoms with E-state index >= 15 is 0 Å². The van der Waals surface area contributed by atoms with Gasteiger partial charge in [0, 0.05) is 51.9 Å². The van der Waals surface area contributed by atoms with Gasteiger partial charge in [-0.2, -0.15) is 0 Å². The number of halogens is 1.